The highest BCUT2D eigenvalue weighted by Gasteiger charge is 2.38. The monoisotopic (exact) mass is 260 g/mol. The lowest BCUT2D eigenvalue weighted by molar-refractivity contribution is 0.0863. The number of carbonyl (C=O) groups is 1. The summed E-state index contributed by atoms with van der Waals surface area (Å²) in [6.07, 6.45) is 0.786. The van der Waals surface area contributed by atoms with E-state index in [2.05, 4.69) is 4.90 Å². The second kappa shape index (κ2) is 4.23. The van der Waals surface area contributed by atoms with Crippen LogP contribution in [0.2, 0.25) is 0 Å². The van der Waals surface area contributed by atoms with Gasteiger partial charge in [-0.2, -0.15) is 0 Å². The molecule has 1 aliphatic carbocycles. The van der Waals surface area contributed by atoms with E-state index in [1.165, 1.54) is 0 Å². The Labute approximate surface area is 113 Å². The van der Waals surface area contributed by atoms with Gasteiger partial charge in [-0.1, -0.05) is 13.8 Å². The van der Waals surface area contributed by atoms with Crippen molar-refractivity contribution in [1.29, 1.82) is 0 Å². The van der Waals surface area contributed by atoms with Crippen LogP contribution in [-0.4, -0.2) is 32.1 Å². The predicted octanol–water partition coefficient (Wildman–Crippen LogP) is 1.87. The zero-order valence-electron chi connectivity index (χ0n) is 11.5. The molecule has 0 saturated carbocycles. The van der Waals surface area contributed by atoms with Crippen molar-refractivity contribution in [1.82, 2.24) is 0 Å². The van der Waals surface area contributed by atoms with Gasteiger partial charge in [0, 0.05) is 24.1 Å². The van der Waals surface area contributed by atoms with Crippen LogP contribution < -0.4 is 10.6 Å². The van der Waals surface area contributed by atoms with Gasteiger partial charge < -0.3 is 15.4 Å². The van der Waals surface area contributed by atoms with E-state index in [0.717, 1.165) is 55.2 Å². The van der Waals surface area contributed by atoms with E-state index in [9.17, 15) is 4.79 Å². The molecule has 1 saturated heterocycles. The highest BCUT2D eigenvalue weighted by Crippen LogP contribution is 2.40. The molecule has 1 heterocycles. The third-order valence-corrected chi connectivity index (χ3v) is 4.10. The molecule has 4 nitrogen and oxygen atoms in total. The molecular weight excluding hydrogens is 240 g/mol. The first-order valence-corrected chi connectivity index (χ1v) is 6.79. The summed E-state index contributed by atoms with van der Waals surface area (Å²) in [4.78, 5) is 14.6. The van der Waals surface area contributed by atoms with Crippen molar-refractivity contribution >= 4 is 17.2 Å². The zero-order chi connectivity index (χ0) is 13.6. The van der Waals surface area contributed by atoms with Crippen molar-refractivity contribution in [2.45, 2.75) is 20.3 Å². The number of ether oxygens (including phenoxy) is 1. The summed E-state index contributed by atoms with van der Waals surface area (Å²) < 4.78 is 5.36. The molecule has 0 aromatic heterocycles. The summed E-state index contributed by atoms with van der Waals surface area (Å²) in [5.41, 5.74) is 9.56. The zero-order valence-corrected chi connectivity index (χ0v) is 11.5. The maximum Gasteiger partial charge on any atom is 0.169 e. The van der Waals surface area contributed by atoms with Gasteiger partial charge in [-0.05, 0) is 24.1 Å². The number of morpholine rings is 1. The number of benzene rings is 1. The first-order chi connectivity index (χ1) is 8.99. The molecule has 0 amide bonds. The number of fused-ring (bicyclic) bond motifs is 1. The van der Waals surface area contributed by atoms with Gasteiger partial charge in [-0.25, -0.2) is 0 Å². The van der Waals surface area contributed by atoms with Gasteiger partial charge in [0.1, 0.15) is 0 Å². The third-order valence-electron chi connectivity index (χ3n) is 4.10. The van der Waals surface area contributed by atoms with Crippen LogP contribution in [0.15, 0.2) is 12.1 Å². The summed E-state index contributed by atoms with van der Waals surface area (Å²) in [5.74, 6) is 0.233. The Hall–Kier alpha value is -1.55. The fraction of sp³-hybridized carbons (Fsp3) is 0.533. The van der Waals surface area contributed by atoms with Gasteiger partial charge in [0.2, 0.25) is 0 Å². The second-order valence-electron chi connectivity index (χ2n) is 6.06. The van der Waals surface area contributed by atoms with E-state index in [-0.39, 0.29) is 11.2 Å². The number of nitrogen functional groups attached to an aromatic ring is 1. The Morgan fingerprint density at radius 1 is 1.26 bits per heavy atom. The number of Topliss-reactive ketones (excluding diaryl/α,β-unsaturated/α-hetero) is 1. The molecule has 1 aromatic rings. The van der Waals surface area contributed by atoms with Crippen molar-refractivity contribution in [3.05, 3.63) is 23.3 Å². The highest BCUT2D eigenvalue weighted by atomic mass is 16.5. The van der Waals surface area contributed by atoms with Gasteiger partial charge in [0.05, 0.1) is 24.6 Å². The van der Waals surface area contributed by atoms with Gasteiger partial charge in [-0.3, -0.25) is 4.79 Å². The van der Waals surface area contributed by atoms with Gasteiger partial charge in [0.15, 0.2) is 5.78 Å². The van der Waals surface area contributed by atoms with Gasteiger partial charge in [-0.15, -0.1) is 0 Å². The van der Waals surface area contributed by atoms with E-state index in [1.54, 1.807) is 0 Å². The molecule has 1 aliphatic heterocycles. The molecule has 0 unspecified atom stereocenters. The highest BCUT2D eigenvalue weighted by molar-refractivity contribution is 6.06. The molecule has 1 fully saturated rings. The van der Waals surface area contributed by atoms with Crippen LogP contribution in [0.4, 0.5) is 11.4 Å². The first-order valence-electron chi connectivity index (χ1n) is 6.79. The van der Waals surface area contributed by atoms with Crippen molar-refractivity contribution in [3.63, 3.8) is 0 Å². The standard InChI is InChI=1S/C15H20N2O2/c1-15(2)9-10-7-12(16)13(8-11(10)14(15)18)17-3-5-19-6-4-17/h7-8H,3-6,9,16H2,1-2H3. The smallest absolute Gasteiger partial charge is 0.169 e. The van der Waals surface area contributed by atoms with Crippen molar-refractivity contribution < 1.29 is 9.53 Å². The molecule has 2 aliphatic rings. The normalized spacial score (nSPS) is 21.6. The topological polar surface area (TPSA) is 55.6 Å². The average molecular weight is 260 g/mol. The van der Waals surface area contributed by atoms with Crippen molar-refractivity contribution in [2.75, 3.05) is 36.9 Å². The maximum absolute atomic E-state index is 12.4. The number of carbonyl (C=O) groups excluding carboxylic acids is 1. The number of nitrogens with zero attached hydrogens (tertiary/aromatic N) is 1. The molecule has 0 spiro atoms. The van der Waals surface area contributed by atoms with Crippen LogP contribution in [-0.2, 0) is 11.2 Å². The number of nitrogens with two attached hydrogens (primary N) is 1. The quantitative estimate of drug-likeness (QED) is 0.783. The molecular formula is C15H20N2O2. The number of ketones is 1. The molecule has 0 atom stereocenters. The molecule has 0 bridgehead atoms. The van der Waals surface area contributed by atoms with Gasteiger partial charge >= 0.3 is 0 Å². The Balaban J connectivity index is 2.01. The van der Waals surface area contributed by atoms with Crippen molar-refractivity contribution in [2.24, 2.45) is 5.41 Å². The summed E-state index contributed by atoms with van der Waals surface area (Å²) in [7, 11) is 0. The van der Waals surface area contributed by atoms with Gasteiger partial charge in [0.25, 0.3) is 0 Å². The molecule has 19 heavy (non-hydrogen) atoms. The van der Waals surface area contributed by atoms with Crippen LogP contribution >= 0.6 is 0 Å². The number of anilines is 2. The van der Waals surface area contributed by atoms with Crippen LogP contribution in [0.25, 0.3) is 0 Å². The Kier molecular flexibility index (Phi) is 2.78. The van der Waals surface area contributed by atoms with E-state index in [1.807, 2.05) is 26.0 Å². The summed E-state index contributed by atoms with van der Waals surface area (Å²) in [5, 5.41) is 0. The fourth-order valence-corrected chi connectivity index (χ4v) is 3.01. The van der Waals surface area contributed by atoms with E-state index in [0.29, 0.717) is 0 Å². The Morgan fingerprint density at radius 2 is 1.95 bits per heavy atom. The molecule has 1 aromatic carbocycles. The minimum Gasteiger partial charge on any atom is -0.397 e. The van der Waals surface area contributed by atoms with Crippen molar-refractivity contribution in [3.8, 4) is 0 Å². The van der Waals surface area contributed by atoms with E-state index in [4.69, 9.17) is 10.5 Å². The van der Waals surface area contributed by atoms with Crippen LogP contribution in [0.3, 0.4) is 0 Å². The van der Waals surface area contributed by atoms with E-state index < -0.39 is 0 Å². The Bertz CT molecular complexity index is 531. The molecule has 3 rings (SSSR count). The summed E-state index contributed by atoms with van der Waals surface area (Å²) in [6, 6.07) is 3.96. The summed E-state index contributed by atoms with van der Waals surface area (Å²) >= 11 is 0. The number of hydrogen-bond acceptors (Lipinski definition) is 4. The molecule has 102 valence electrons. The Morgan fingerprint density at radius 3 is 2.63 bits per heavy atom. The minimum absolute atomic E-state index is 0.233. The fourth-order valence-electron chi connectivity index (χ4n) is 3.01. The van der Waals surface area contributed by atoms with E-state index >= 15 is 0 Å². The lowest BCUT2D eigenvalue weighted by Gasteiger charge is -2.30. The lowest BCUT2D eigenvalue weighted by atomic mass is 9.89. The maximum atomic E-state index is 12.4. The van der Waals surface area contributed by atoms with Crippen LogP contribution in [0, 0.1) is 5.41 Å². The third kappa shape index (κ3) is 2.00. The summed E-state index contributed by atoms with van der Waals surface area (Å²) in [6.45, 7) is 7.10. The molecule has 4 heteroatoms. The van der Waals surface area contributed by atoms with Crippen LogP contribution in [0.1, 0.15) is 29.8 Å². The SMILES string of the molecule is CC1(C)Cc2cc(N)c(N3CCOCC3)cc2C1=O. The molecule has 2 N–H and O–H groups in total. The average Bonchev–Trinajstić information content (AvgIpc) is 2.60. The predicted molar refractivity (Wildman–Crippen MR) is 75.7 cm³/mol. The molecule has 0 radical (unpaired) electrons. The first kappa shape index (κ1) is 12.5. The minimum atomic E-state index is -0.293. The number of hydrogen-bond donors (Lipinski definition) is 1. The largest absolute Gasteiger partial charge is 0.397 e. The lowest BCUT2D eigenvalue weighted by Crippen LogP contribution is -2.36. The van der Waals surface area contributed by atoms with Crippen LogP contribution in [0.5, 0.6) is 0 Å². The number of rotatable bonds is 1. The second-order valence-corrected chi connectivity index (χ2v) is 6.06.